The van der Waals surface area contributed by atoms with E-state index in [0.717, 1.165) is 44.4 Å². The van der Waals surface area contributed by atoms with E-state index in [1.165, 1.54) is 40.9 Å². The van der Waals surface area contributed by atoms with Crippen LogP contribution in [0.4, 0.5) is 19.0 Å². The molecule has 5 rings (SSSR count). The van der Waals surface area contributed by atoms with Gasteiger partial charge in [-0.2, -0.15) is 18.3 Å². The number of piperazine rings is 1. The molecule has 1 N–H and O–H groups in total. The fourth-order valence-corrected chi connectivity index (χ4v) is 4.28. The molecular weight excluding hydrogens is 383 g/mol. The number of anilines is 1. The van der Waals surface area contributed by atoms with Crippen molar-refractivity contribution >= 4 is 11.5 Å². The number of hydrogen-bond acceptors (Lipinski definition) is 5. The lowest BCUT2D eigenvalue weighted by Crippen LogP contribution is -2.46. The molecule has 0 aromatic carbocycles. The Labute approximate surface area is 165 Å². The zero-order valence-corrected chi connectivity index (χ0v) is 15.9. The fourth-order valence-electron chi connectivity index (χ4n) is 4.28. The number of aryl methyl sites for hydroxylation is 1. The highest BCUT2D eigenvalue weighted by molar-refractivity contribution is 5.64. The first-order valence-corrected chi connectivity index (χ1v) is 9.92. The summed E-state index contributed by atoms with van der Waals surface area (Å²) in [5.74, 6) is 0.500. The highest BCUT2D eigenvalue weighted by Crippen LogP contribution is 2.30. The Balaban J connectivity index is 1.30. The maximum Gasteiger partial charge on any atom is 0.434 e. The van der Waals surface area contributed by atoms with Crippen LogP contribution in [0.15, 0.2) is 18.6 Å². The zero-order chi connectivity index (χ0) is 20.0. The minimum absolute atomic E-state index is 0.245. The number of alkyl halides is 3. The van der Waals surface area contributed by atoms with Crippen LogP contribution in [0.1, 0.15) is 35.5 Å². The van der Waals surface area contributed by atoms with E-state index in [1.54, 1.807) is 0 Å². The molecule has 154 valence electrons. The minimum atomic E-state index is -4.47. The van der Waals surface area contributed by atoms with Crippen molar-refractivity contribution in [2.45, 2.75) is 38.4 Å². The summed E-state index contributed by atoms with van der Waals surface area (Å²) < 4.78 is 40.5. The van der Waals surface area contributed by atoms with E-state index in [-0.39, 0.29) is 5.65 Å². The maximum atomic E-state index is 13.0. The molecule has 0 unspecified atom stereocenters. The molecule has 4 heterocycles. The predicted molar refractivity (Wildman–Crippen MR) is 101 cm³/mol. The third-order valence-electron chi connectivity index (χ3n) is 5.83. The summed E-state index contributed by atoms with van der Waals surface area (Å²) in [6, 6.07) is 0. The van der Waals surface area contributed by atoms with Crippen LogP contribution >= 0.6 is 0 Å². The van der Waals surface area contributed by atoms with Crippen molar-refractivity contribution < 1.29 is 13.2 Å². The number of nitrogens with one attached hydrogen (secondary N) is 1. The van der Waals surface area contributed by atoms with Gasteiger partial charge < -0.3 is 9.30 Å². The van der Waals surface area contributed by atoms with Gasteiger partial charge in [0.15, 0.2) is 17.2 Å². The van der Waals surface area contributed by atoms with Gasteiger partial charge in [0.2, 0.25) is 0 Å². The Morgan fingerprint density at radius 3 is 2.66 bits per heavy atom. The van der Waals surface area contributed by atoms with Crippen molar-refractivity contribution in [2.24, 2.45) is 0 Å². The summed E-state index contributed by atoms with van der Waals surface area (Å²) in [5.41, 5.74) is 3.14. The van der Waals surface area contributed by atoms with Crippen LogP contribution in [0, 0.1) is 0 Å². The summed E-state index contributed by atoms with van der Waals surface area (Å²) in [5, 5.41) is 7.71. The van der Waals surface area contributed by atoms with Gasteiger partial charge in [0.25, 0.3) is 0 Å². The van der Waals surface area contributed by atoms with Gasteiger partial charge in [0, 0.05) is 57.0 Å². The van der Waals surface area contributed by atoms with Crippen LogP contribution in [-0.2, 0) is 25.6 Å². The number of halogens is 3. The fraction of sp³-hybridized carbons (Fsp3) is 0.526. The summed E-state index contributed by atoms with van der Waals surface area (Å²) in [4.78, 5) is 12.5. The Bertz CT molecular complexity index is 1010. The van der Waals surface area contributed by atoms with E-state index in [9.17, 15) is 13.2 Å². The van der Waals surface area contributed by atoms with E-state index in [4.69, 9.17) is 0 Å². The highest BCUT2D eigenvalue weighted by atomic mass is 19.4. The van der Waals surface area contributed by atoms with Crippen LogP contribution in [0.5, 0.6) is 0 Å². The summed E-state index contributed by atoms with van der Waals surface area (Å²) in [6.07, 6.45) is 4.17. The second-order valence-electron chi connectivity index (χ2n) is 7.70. The Morgan fingerprint density at radius 2 is 1.86 bits per heavy atom. The van der Waals surface area contributed by atoms with Crippen molar-refractivity contribution in [1.82, 2.24) is 29.5 Å². The van der Waals surface area contributed by atoms with Gasteiger partial charge >= 0.3 is 6.18 Å². The molecule has 1 aliphatic heterocycles. The minimum Gasteiger partial charge on any atom is -0.351 e. The van der Waals surface area contributed by atoms with E-state index in [2.05, 4.69) is 25.1 Å². The number of rotatable bonds is 3. The maximum absolute atomic E-state index is 13.0. The number of imidazole rings is 1. The second-order valence-corrected chi connectivity index (χ2v) is 7.70. The molecule has 1 fully saturated rings. The molecule has 2 aliphatic rings. The number of nitrogens with zero attached hydrogens (tertiary/aromatic N) is 6. The lowest BCUT2D eigenvalue weighted by atomic mass is 9.96. The van der Waals surface area contributed by atoms with Crippen LogP contribution in [-0.4, -0.2) is 55.6 Å². The van der Waals surface area contributed by atoms with Gasteiger partial charge in [-0.15, -0.1) is 0 Å². The van der Waals surface area contributed by atoms with Gasteiger partial charge in [-0.25, -0.2) is 9.97 Å². The zero-order valence-electron chi connectivity index (χ0n) is 15.9. The van der Waals surface area contributed by atoms with E-state index < -0.39 is 11.9 Å². The molecule has 0 amide bonds. The van der Waals surface area contributed by atoms with E-state index in [0.29, 0.717) is 18.9 Å². The van der Waals surface area contributed by atoms with Crippen molar-refractivity contribution in [3.63, 3.8) is 0 Å². The number of fused-ring (bicyclic) bond motifs is 2. The molecule has 3 aromatic rings. The number of aromatic nitrogens is 5. The molecule has 0 atom stereocenters. The Morgan fingerprint density at radius 1 is 1.07 bits per heavy atom. The molecule has 29 heavy (non-hydrogen) atoms. The van der Waals surface area contributed by atoms with Gasteiger partial charge in [0.1, 0.15) is 0 Å². The van der Waals surface area contributed by atoms with Crippen molar-refractivity contribution in [3.8, 4) is 0 Å². The molecule has 0 radical (unpaired) electrons. The smallest absolute Gasteiger partial charge is 0.351 e. The quantitative estimate of drug-likeness (QED) is 0.726. The average Bonchev–Trinajstić information content (AvgIpc) is 3.33. The molecule has 1 saturated heterocycles. The summed E-state index contributed by atoms with van der Waals surface area (Å²) >= 11 is 0. The van der Waals surface area contributed by atoms with Crippen molar-refractivity contribution in [2.75, 3.05) is 31.1 Å². The standard InChI is InChI=1S/C19H22F3N7/c20-19(21,22)16-12-29-6-5-23-17(18(29)24-16)28-9-7-27(8-10-28)11-15-13-3-1-2-4-14(13)25-26-15/h5-6,12H,1-4,7-11H2,(H,25,26). The molecule has 3 aromatic heterocycles. The van der Waals surface area contributed by atoms with Crippen molar-refractivity contribution in [3.05, 3.63) is 41.2 Å². The first-order chi connectivity index (χ1) is 14.0. The van der Waals surface area contributed by atoms with Gasteiger partial charge in [-0.05, 0) is 31.2 Å². The topological polar surface area (TPSA) is 65.3 Å². The SMILES string of the molecule is FC(F)(F)c1cn2ccnc(N3CCN(Cc4n[nH]c5c4CCCC5)CC3)c2n1. The van der Waals surface area contributed by atoms with E-state index in [1.807, 2.05) is 4.90 Å². The van der Waals surface area contributed by atoms with E-state index >= 15 is 0 Å². The lowest BCUT2D eigenvalue weighted by Gasteiger charge is -2.35. The second kappa shape index (κ2) is 7.01. The first kappa shape index (κ1) is 18.4. The highest BCUT2D eigenvalue weighted by Gasteiger charge is 2.35. The monoisotopic (exact) mass is 405 g/mol. The average molecular weight is 405 g/mol. The summed E-state index contributed by atoms with van der Waals surface area (Å²) in [7, 11) is 0. The van der Waals surface area contributed by atoms with Gasteiger partial charge in [0.05, 0.1) is 5.69 Å². The molecule has 1 aliphatic carbocycles. The Kier molecular flexibility index (Phi) is 4.45. The van der Waals surface area contributed by atoms with Crippen LogP contribution in [0.25, 0.3) is 5.65 Å². The lowest BCUT2D eigenvalue weighted by molar-refractivity contribution is -0.140. The number of H-pyrrole nitrogens is 1. The molecule has 0 bridgehead atoms. The molecule has 0 spiro atoms. The number of aromatic amines is 1. The number of hydrogen-bond donors (Lipinski definition) is 1. The molecular formula is C19H22F3N7. The van der Waals surface area contributed by atoms with Crippen LogP contribution < -0.4 is 4.90 Å². The molecule has 10 heteroatoms. The van der Waals surface area contributed by atoms with Crippen LogP contribution in [0.3, 0.4) is 0 Å². The molecule has 7 nitrogen and oxygen atoms in total. The Hall–Kier alpha value is -2.62. The van der Waals surface area contributed by atoms with Gasteiger partial charge in [-0.3, -0.25) is 10.00 Å². The third kappa shape index (κ3) is 3.45. The van der Waals surface area contributed by atoms with Crippen LogP contribution in [0.2, 0.25) is 0 Å². The van der Waals surface area contributed by atoms with Gasteiger partial charge in [-0.1, -0.05) is 0 Å². The summed E-state index contributed by atoms with van der Waals surface area (Å²) in [6.45, 7) is 3.79. The molecule has 0 saturated carbocycles. The normalized spacial score (nSPS) is 18.4. The predicted octanol–water partition coefficient (Wildman–Crippen LogP) is 2.67. The first-order valence-electron chi connectivity index (χ1n) is 9.92. The largest absolute Gasteiger partial charge is 0.434 e. The third-order valence-corrected chi connectivity index (χ3v) is 5.83. The van der Waals surface area contributed by atoms with Crippen molar-refractivity contribution in [1.29, 1.82) is 0 Å².